The van der Waals surface area contributed by atoms with Crippen molar-refractivity contribution in [1.82, 2.24) is 5.32 Å². The first-order valence-electron chi connectivity index (χ1n) is 5.90. The minimum atomic E-state index is -0.995. The Balaban J connectivity index is 2.80. The Morgan fingerprint density at radius 1 is 1.33 bits per heavy atom. The topological polar surface area (TPSA) is 49.3 Å². The Morgan fingerprint density at radius 2 is 1.94 bits per heavy atom. The molecule has 1 aromatic rings. The lowest BCUT2D eigenvalue weighted by Crippen LogP contribution is -2.50. The van der Waals surface area contributed by atoms with Crippen molar-refractivity contribution in [3.8, 4) is 0 Å². The maximum atomic E-state index is 13.2. The van der Waals surface area contributed by atoms with Crippen molar-refractivity contribution < 1.29 is 14.3 Å². The summed E-state index contributed by atoms with van der Waals surface area (Å²) >= 11 is 0. The van der Waals surface area contributed by atoms with Gasteiger partial charge in [-0.2, -0.15) is 0 Å². The molecule has 0 saturated heterocycles. The number of nitrogens with one attached hydrogen (secondary N) is 1. The molecule has 2 N–H and O–H groups in total. The fraction of sp³-hybridized carbons (Fsp3) is 0.500. The van der Waals surface area contributed by atoms with Gasteiger partial charge >= 0.3 is 5.97 Å². The number of benzene rings is 1. The van der Waals surface area contributed by atoms with Crippen LogP contribution in [0, 0.1) is 5.82 Å². The van der Waals surface area contributed by atoms with Crippen LogP contribution in [0.5, 0.6) is 0 Å². The van der Waals surface area contributed by atoms with Crippen LogP contribution < -0.4 is 5.32 Å². The summed E-state index contributed by atoms with van der Waals surface area (Å²) in [4.78, 5) is 11.0. The van der Waals surface area contributed by atoms with Gasteiger partial charge in [-0.1, -0.05) is 26.0 Å². The zero-order valence-corrected chi connectivity index (χ0v) is 11.2. The number of hydrogen-bond donors (Lipinski definition) is 2. The fourth-order valence-electron chi connectivity index (χ4n) is 1.53. The molecule has 1 rings (SSSR count). The van der Waals surface area contributed by atoms with Crippen LogP contribution in [0.15, 0.2) is 24.3 Å². The molecule has 0 amide bonds. The number of hydrogen-bond acceptors (Lipinski definition) is 2. The van der Waals surface area contributed by atoms with E-state index in [4.69, 9.17) is 5.11 Å². The fourth-order valence-corrected chi connectivity index (χ4v) is 1.53. The van der Waals surface area contributed by atoms with E-state index in [0.29, 0.717) is 6.54 Å². The second-order valence-electron chi connectivity index (χ2n) is 5.68. The monoisotopic (exact) mass is 253 g/mol. The van der Waals surface area contributed by atoms with Gasteiger partial charge in [0.2, 0.25) is 0 Å². The summed E-state index contributed by atoms with van der Waals surface area (Å²) < 4.78 is 13.2. The molecule has 0 aliphatic rings. The quantitative estimate of drug-likeness (QED) is 0.848. The van der Waals surface area contributed by atoms with Crippen molar-refractivity contribution in [2.75, 3.05) is 6.54 Å². The molecule has 100 valence electrons. The Labute approximate surface area is 107 Å². The van der Waals surface area contributed by atoms with Crippen LogP contribution in [0.3, 0.4) is 0 Å². The van der Waals surface area contributed by atoms with Crippen molar-refractivity contribution in [2.24, 2.45) is 0 Å². The predicted molar refractivity (Wildman–Crippen MR) is 69.1 cm³/mol. The second kappa shape index (κ2) is 5.06. The van der Waals surface area contributed by atoms with E-state index in [2.05, 4.69) is 5.32 Å². The molecule has 0 unspecified atom stereocenters. The first-order chi connectivity index (χ1) is 8.15. The molecule has 1 aromatic carbocycles. The molecule has 0 fully saturated rings. The number of carbonyl (C=O) groups is 1. The highest BCUT2D eigenvalue weighted by atomic mass is 19.1. The van der Waals surface area contributed by atoms with Crippen molar-refractivity contribution in [1.29, 1.82) is 0 Å². The van der Waals surface area contributed by atoms with E-state index in [1.165, 1.54) is 12.1 Å². The molecule has 18 heavy (non-hydrogen) atoms. The van der Waals surface area contributed by atoms with Gasteiger partial charge in [0.15, 0.2) is 0 Å². The minimum absolute atomic E-state index is 0.280. The van der Waals surface area contributed by atoms with Crippen LogP contribution in [-0.2, 0) is 10.2 Å². The molecule has 4 heteroatoms. The number of carboxylic acid groups (broad SMARTS) is 1. The van der Waals surface area contributed by atoms with Crippen molar-refractivity contribution in [3.63, 3.8) is 0 Å². The molecule has 0 aliphatic heterocycles. The Bertz CT molecular complexity index is 441. The number of rotatable bonds is 5. The summed E-state index contributed by atoms with van der Waals surface area (Å²) in [5, 5.41) is 12.0. The summed E-state index contributed by atoms with van der Waals surface area (Å²) in [6.07, 6.45) is 0. The van der Waals surface area contributed by atoms with Crippen molar-refractivity contribution in [2.45, 2.75) is 38.6 Å². The van der Waals surface area contributed by atoms with Gasteiger partial charge in [0.25, 0.3) is 0 Å². The number of aliphatic carboxylic acids is 1. The first-order valence-corrected chi connectivity index (χ1v) is 5.90. The SMILES string of the molecule is CC(C)(NCC(C)(C)c1cccc(F)c1)C(=O)O. The predicted octanol–water partition coefficient (Wildman–Crippen LogP) is 2.56. The Morgan fingerprint density at radius 3 is 2.44 bits per heavy atom. The van der Waals surface area contributed by atoms with E-state index >= 15 is 0 Å². The number of halogens is 1. The summed E-state index contributed by atoms with van der Waals surface area (Å²) in [6, 6.07) is 6.39. The van der Waals surface area contributed by atoms with Crippen LogP contribution in [0.1, 0.15) is 33.3 Å². The van der Waals surface area contributed by atoms with Crippen molar-refractivity contribution in [3.05, 3.63) is 35.6 Å². The molecule has 0 aromatic heterocycles. The lowest BCUT2D eigenvalue weighted by Gasteiger charge is -2.30. The molecular weight excluding hydrogens is 233 g/mol. The third-order valence-electron chi connectivity index (χ3n) is 3.11. The molecular formula is C14H20FNO2. The lowest BCUT2D eigenvalue weighted by atomic mass is 9.84. The van der Waals surface area contributed by atoms with Crippen LogP contribution in [0.2, 0.25) is 0 Å². The van der Waals surface area contributed by atoms with Gasteiger partial charge in [-0.15, -0.1) is 0 Å². The summed E-state index contributed by atoms with van der Waals surface area (Å²) in [7, 11) is 0. The van der Waals surface area contributed by atoms with E-state index in [0.717, 1.165) is 5.56 Å². The standard InChI is InChI=1S/C14H20FNO2/c1-13(2,9-16-14(3,4)12(17)18)10-6-5-7-11(15)8-10/h5-8,16H,9H2,1-4H3,(H,17,18). The largest absolute Gasteiger partial charge is 0.480 e. The average molecular weight is 253 g/mol. The number of carboxylic acids is 1. The van der Waals surface area contributed by atoms with Gasteiger partial charge in [-0.3, -0.25) is 4.79 Å². The normalized spacial score (nSPS) is 12.5. The van der Waals surface area contributed by atoms with Crippen molar-refractivity contribution >= 4 is 5.97 Å². The average Bonchev–Trinajstić information content (AvgIpc) is 2.26. The first kappa shape index (κ1) is 14.6. The summed E-state index contributed by atoms with van der Waals surface area (Å²) in [6.45, 7) is 7.57. The van der Waals surface area contributed by atoms with E-state index in [-0.39, 0.29) is 11.2 Å². The Hall–Kier alpha value is -1.42. The summed E-state index contributed by atoms with van der Waals surface area (Å²) in [5.41, 5.74) is -0.490. The van der Waals surface area contributed by atoms with E-state index in [1.54, 1.807) is 19.9 Å². The molecule has 0 saturated carbocycles. The van der Waals surface area contributed by atoms with Crippen LogP contribution in [0.4, 0.5) is 4.39 Å². The smallest absolute Gasteiger partial charge is 0.323 e. The molecule has 0 spiro atoms. The zero-order valence-electron chi connectivity index (χ0n) is 11.2. The molecule has 0 radical (unpaired) electrons. The van der Waals surface area contributed by atoms with Crippen LogP contribution in [0.25, 0.3) is 0 Å². The highest BCUT2D eigenvalue weighted by Gasteiger charge is 2.30. The van der Waals surface area contributed by atoms with Gasteiger partial charge in [-0.25, -0.2) is 4.39 Å². The Kier molecular flexibility index (Phi) is 4.12. The highest BCUT2D eigenvalue weighted by Crippen LogP contribution is 2.23. The zero-order chi connectivity index (χ0) is 14.0. The lowest BCUT2D eigenvalue weighted by molar-refractivity contribution is -0.143. The third-order valence-corrected chi connectivity index (χ3v) is 3.11. The molecule has 0 heterocycles. The minimum Gasteiger partial charge on any atom is -0.480 e. The molecule has 0 atom stereocenters. The van der Waals surface area contributed by atoms with E-state index in [1.807, 2.05) is 19.9 Å². The van der Waals surface area contributed by atoms with Crippen LogP contribution in [-0.4, -0.2) is 23.2 Å². The van der Waals surface area contributed by atoms with E-state index in [9.17, 15) is 9.18 Å². The highest BCUT2D eigenvalue weighted by molar-refractivity contribution is 5.77. The van der Waals surface area contributed by atoms with E-state index < -0.39 is 11.5 Å². The van der Waals surface area contributed by atoms with Gasteiger partial charge in [0.05, 0.1) is 0 Å². The van der Waals surface area contributed by atoms with Gasteiger partial charge in [0, 0.05) is 12.0 Å². The second-order valence-corrected chi connectivity index (χ2v) is 5.68. The molecule has 0 bridgehead atoms. The summed E-state index contributed by atoms with van der Waals surface area (Å²) in [5.74, 6) is -1.18. The van der Waals surface area contributed by atoms with Gasteiger partial charge < -0.3 is 10.4 Å². The molecule has 3 nitrogen and oxygen atoms in total. The maximum Gasteiger partial charge on any atom is 0.323 e. The van der Waals surface area contributed by atoms with Gasteiger partial charge in [-0.05, 0) is 31.5 Å². The molecule has 0 aliphatic carbocycles. The third kappa shape index (κ3) is 3.53. The maximum absolute atomic E-state index is 13.2. The van der Waals surface area contributed by atoms with Gasteiger partial charge in [0.1, 0.15) is 11.4 Å². The van der Waals surface area contributed by atoms with Crippen LogP contribution >= 0.6 is 0 Å².